The van der Waals surface area contributed by atoms with Gasteiger partial charge in [-0.2, -0.15) is 18.3 Å². The number of methoxy groups -OCH3 is 1. The number of rotatable bonds is 8. The molecule has 1 amide bonds. The molecular formula is C18H21F3N6O2. The Morgan fingerprint density at radius 3 is 2.76 bits per heavy atom. The zero-order valence-corrected chi connectivity index (χ0v) is 15.6. The first kappa shape index (κ1) is 20.8. The van der Waals surface area contributed by atoms with Gasteiger partial charge in [0.2, 0.25) is 0 Å². The summed E-state index contributed by atoms with van der Waals surface area (Å²) in [6.07, 6.45) is 1.50. The van der Waals surface area contributed by atoms with Crippen molar-refractivity contribution in [2.45, 2.75) is 31.5 Å². The molecule has 0 bridgehead atoms. The van der Waals surface area contributed by atoms with Gasteiger partial charge in [0.1, 0.15) is 18.3 Å². The summed E-state index contributed by atoms with van der Waals surface area (Å²) in [7, 11) is 1.48. The van der Waals surface area contributed by atoms with Gasteiger partial charge in [0, 0.05) is 30.8 Å². The number of nitrogens with one attached hydrogen (secondary N) is 4. The molecule has 0 radical (unpaired) electrons. The van der Waals surface area contributed by atoms with Crippen LogP contribution in [0, 0.1) is 11.3 Å². The summed E-state index contributed by atoms with van der Waals surface area (Å²) in [5.41, 5.74) is 1.25. The molecule has 2 heterocycles. The Hall–Kier alpha value is -2.95. The van der Waals surface area contributed by atoms with E-state index in [2.05, 4.69) is 25.8 Å². The monoisotopic (exact) mass is 410 g/mol. The number of aromatic nitrogens is 3. The van der Waals surface area contributed by atoms with Gasteiger partial charge in [0.15, 0.2) is 0 Å². The van der Waals surface area contributed by atoms with Crippen LogP contribution in [0.15, 0.2) is 18.5 Å². The minimum absolute atomic E-state index is 0.0958. The van der Waals surface area contributed by atoms with E-state index >= 15 is 0 Å². The van der Waals surface area contributed by atoms with Crippen LogP contribution in [0.4, 0.5) is 24.5 Å². The van der Waals surface area contributed by atoms with Crippen LogP contribution in [-0.4, -0.2) is 53.2 Å². The van der Waals surface area contributed by atoms with E-state index < -0.39 is 18.8 Å². The highest BCUT2D eigenvalue weighted by molar-refractivity contribution is 5.97. The predicted molar refractivity (Wildman–Crippen MR) is 101 cm³/mol. The van der Waals surface area contributed by atoms with Crippen molar-refractivity contribution in [3.63, 3.8) is 0 Å². The van der Waals surface area contributed by atoms with E-state index in [4.69, 9.17) is 10.1 Å². The summed E-state index contributed by atoms with van der Waals surface area (Å²) in [4.78, 5) is 16.7. The first-order valence-corrected chi connectivity index (χ1v) is 9.01. The lowest BCUT2D eigenvalue weighted by Gasteiger charge is -2.31. The fourth-order valence-electron chi connectivity index (χ4n) is 3.10. The van der Waals surface area contributed by atoms with Crippen LogP contribution in [0.1, 0.15) is 24.8 Å². The third-order valence-electron chi connectivity index (χ3n) is 4.81. The van der Waals surface area contributed by atoms with Crippen LogP contribution in [0.2, 0.25) is 0 Å². The standard InChI is InChI=1S/C18H21F3N6O2/c1-29-16(10-3-2-4-10)17(28)26-14-8-25-27-15(14)13-5-12(11(6-22)7-23-13)24-9-18(19,20)21/h5-8,10,16,22H,2-4,9H2,1H3,(H,23,24)(H,25,27)(H,26,28). The Morgan fingerprint density at radius 1 is 1.41 bits per heavy atom. The Kier molecular flexibility index (Phi) is 6.16. The van der Waals surface area contributed by atoms with Gasteiger partial charge in [0.05, 0.1) is 17.6 Å². The number of hydrogen-bond acceptors (Lipinski definition) is 6. The fourth-order valence-corrected chi connectivity index (χ4v) is 3.10. The Balaban J connectivity index is 1.82. The number of hydrogen-bond donors (Lipinski definition) is 4. The summed E-state index contributed by atoms with van der Waals surface area (Å²) < 4.78 is 43.0. The highest BCUT2D eigenvalue weighted by atomic mass is 19.4. The number of alkyl halides is 3. The number of ether oxygens (including phenoxy) is 1. The van der Waals surface area contributed by atoms with Crippen molar-refractivity contribution in [1.82, 2.24) is 15.2 Å². The van der Waals surface area contributed by atoms with Gasteiger partial charge in [-0.1, -0.05) is 6.42 Å². The van der Waals surface area contributed by atoms with Crippen molar-refractivity contribution >= 4 is 23.5 Å². The summed E-state index contributed by atoms with van der Waals surface area (Å²) in [5.74, 6) is -0.148. The zero-order chi connectivity index (χ0) is 21.0. The van der Waals surface area contributed by atoms with E-state index in [1.807, 2.05) is 0 Å². The quantitative estimate of drug-likeness (QED) is 0.499. The predicted octanol–water partition coefficient (Wildman–Crippen LogP) is 3.20. The molecular weight excluding hydrogens is 389 g/mol. The van der Waals surface area contributed by atoms with E-state index in [9.17, 15) is 18.0 Å². The second kappa shape index (κ2) is 8.60. The van der Waals surface area contributed by atoms with Crippen molar-refractivity contribution in [1.29, 1.82) is 5.41 Å². The number of carbonyl (C=O) groups is 1. The second-order valence-corrected chi connectivity index (χ2v) is 6.77. The molecule has 1 saturated carbocycles. The smallest absolute Gasteiger partial charge is 0.376 e. The van der Waals surface area contributed by atoms with E-state index in [1.54, 1.807) is 0 Å². The Labute approximate surface area is 164 Å². The van der Waals surface area contributed by atoms with Crippen molar-refractivity contribution in [2.75, 3.05) is 24.3 Å². The van der Waals surface area contributed by atoms with Crippen molar-refractivity contribution in [3.8, 4) is 11.4 Å². The van der Waals surface area contributed by atoms with Gasteiger partial charge in [-0.3, -0.25) is 14.9 Å². The van der Waals surface area contributed by atoms with E-state index in [0.29, 0.717) is 11.4 Å². The molecule has 1 atom stereocenters. The maximum atomic E-state index is 12.6. The van der Waals surface area contributed by atoms with Gasteiger partial charge in [-0.25, -0.2) is 0 Å². The first-order valence-electron chi connectivity index (χ1n) is 9.01. The van der Waals surface area contributed by atoms with Crippen LogP contribution >= 0.6 is 0 Å². The number of aromatic amines is 1. The number of amides is 1. The van der Waals surface area contributed by atoms with E-state index in [1.165, 1.54) is 25.6 Å². The normalized spacial score (nSPS) is 15.4. The maximum Gasteiger partial charge on any atom is 0.405 e. The summed E-state index contributed by atoms with van der Waals surface area (Å²) in [6, 6.07) is 1.37. The number of pyridine rings is 1. The summed E-state index contributed by atoms with van der Waals surface area (Å²) >= 11 is 0. The summed E-state index contributed by atoms with van der Waals surface area (Å²) in [5, 5.41) is 19.0. The van der Waals surface area contributed by atoms with Crippen molar-refractivity contribution < 1.29 is 22.7 Å². The van der Waals surface area contributed by atoms with Crippen molar-refractivity contribution in [3.05, 3.63) is 24.0 Å². The molecule has 1 unspecified atom stereocenters. The molecule has 0 saturated heterocycles. The number of nitrogens with zero attached hydrogens (tertiary/aromatic N) is 2. The van der Waals surface area contributed by atoms with E-state index in [-0.39, 0.29) is 28.8 Å². The summed E-state index contributed by atoms with van der Waals surface area (Å²) in [6.45, 7) is -1.25. The number of halogens is 3. The minimum atomic E-state index is -4.41. The highest BCUT2D eigenvalue weighted by Crippen LogP contribution is 2.33. The fraction of sp³-hybridized carbons (Fsp3) is 0.444. The van der Waals surface area contributed by atoms with Gasteiger partial charge in [-0.05, 0) is 24.8 Å². The third kappa shape index (κ3) is 4.91. The molecule has 0 aliphatic heterocycles. The van der Waals surface area contributed by atoms with Gasteiger partial charge in [-0.15, -0.1) is 0 Å². The van der Waals surface area contributed by atoms with Gasteiger partial charge < -0.3 is 20.8 Å². The lowest BCUT2D eigenvalue weighted by atomic mass is 9.80. The SMILES string of the molecule is COC(C(=O)Nc1cn[nH]c1-c1cc(NCC(F)(F)F)c(C=N)cn1)C1CCC1. The topological polar surface area (TPSA) is 116 Å². The molecule has 2 aromatic heterocycles. The molecule has 8 nitrogen and oxygen atoms in total. The van der Waals surface area contributed by atoms with Gasteiger partial charge >= 0.3 is 6.18 Å². The average molecular weight is 410 g/mol. The number of H-pyrrole nitrogens is 1. The molecule has 2 aromatic rings. The first-order chi connectivity index (χ1) is 13.8. The highest BCUT2D eigenvalue weighted by Gasteiger charge is 2.33. The Bertz CT molecular complexity index is 879. The molecule has 0 spiro atoms. The number of carbonyl (C=O) groups excluding carboxylic acids is 1. The molecule has 3 rings (SSSR count). The number of anilines is 2. The third-order valence-corrected chi connectivity index (χ3v) is 4.81. The molecule has 4 N–H and O–H groups in total. The lowest BCUT2D eigenvalue weighted by molar-refractivity contribution is -0.130. The van der Waals surface area contributed by atoms with Gasteiger partial charge in [0.25, 0.3) is 5.91 Å². The van der Waals surface area contributed by atoms with Crippen LogP contribution in [0.25, 0.3) is 11.4 Å². The molecule has 0 aromatic carbocycles. The van der Waals surface area contributed by atoms with Crippen LogP contribution in [0.5, 0.6) is 0 Å². The molecule has 1 aliphatic rings. The Morgan fingerprint density at radius 2 is 2.17 bits per heavy atom. The van der Waals surface area contributed by atoms with Crippen LogP contribution in [0.3, 0.4) is 0 Å². The largest absolute Gasteiger partial charge is 0.405 e. The zero-order valence-electron chi connectivity index (χ0n) is 15.6. The van der Waals surface area contributed by atoms with Crippen molar-refractivity contribution in [2.24, 2.45) is 5.92 Å². The molecule has 156 valence electrons. The lowest BCUT2D eigenvalue weighted by Crippen LogP contribution is -2.39. The molecule has 29 heavy (non-hydrogen) atoms. The average Bonchev–Trinajstić information content (AvgIpc) is 3.09. The molecule has 1 fully saturated rings. The molecule has 1 aliphatic carbocycles. The maximum absolute atomic E-state index is 12.6. The van der Waals surface area contributed by atoms with E-state index in [0.717, 1.165) is 25.5 Å². The minimum Gasteiger partial charge on any atom is -0.376 e. The van der Waals surface area contributed by atoms with Crippen LogP contribution < -0.4 is 10.6 Å². The molecule has 11 heteroatoms. The second-order valence-electron chi connectivity index (χ2n) is 6.77. The van der Waals surface area contributed by atoms with Crippen LogP contribution in [-0.2, 0) is 9.53 Å².